The maximum atomic E-state index is 11.2. The average Bonchev–Trinajstić information content (AvgIpc) is 2.62. The molecular formula is C11H13NOS2. The summed E-state index contributed by atoms with van der Waals surface area (Å²) < 4.78 is 0. The smallest absolute Gasteiger partial charge is 0.223 e. The number of nitrogens with zero attached hydrogens (tertiary/aromatic N) is 1. The topological polar surface area (TPSA) is 20.3 Å². The molecule has 0 saturated carbocycles. The second kappa shape index (κ2) is 4.86. The fourth-order valence-corrected chi connectivity index (χ4v) is 3.48. The quantitative estimate of drug-likeness (QED) is 0.750. The number of thiophene rings is 1. The van der Waals surface area contributed by atoms with Crippen LogP contribution in [0.5, 0.6) is 0 Å². The third-order valence-corrected chi connectivity index (χ3v) is 4.61. The molecule has 1 aliphatic heterocycles. The van der Waals surface area contributed by atoms with Gasteiger partial charge in [0.2, 0.25) is 5.91 Å². The first kappa shape index (κ1) is 10.8. The Bertz CT molecular complexity index is 359. The second-order valence-electron chi connectivity index (χ2n) is 3.43. The van der Waals surface area contributed by atoms with Gasteiger partial charge in [-0.1, -0.05) is 6.07 Å². The van der Waals surface area contributed by atoms with Crippen LogP contribution in [0.4, 0.5) is 0 Å². The molecule has 1 aromatic rings. The fourth-order valence-electron chi connectivity index (χ4n) is 1.55. The van der Waals surface area contributed by atoms with E-state index < -0.39 is 0 Å². The summed E-state index contributed by atoms with van der Waals surface area (Å²) >= 11 is 3.59. The first-order chi connectivity index (χ1) is 7.27. The molecule has 4 heteroatoms. The number of carbonyl (C=O) groups excluding carboxylic acids is 1. The van der Waals surface area contributed by atoms with Crippen LogP contribution in [0.1, 0.15) is 23.5 Å². The largest absolute Gasteiger partial charge is 0.319 e. The van der Waals surface area contributed by atoms with Crippen molar-refractivity contribution in [2.24, 2.45) is 0 Å². The molecule has 1 atom stereocenters. The van der Waals surface area contributed by atoms with Gasteiger partial charge in [0.15, 0.2) is 0 Å². The summed E-state index contributed by atoms with van der Waals surface area (Å²) in [4.78, 5) is 14.4. The van der Waals surface area contributed by atoms with Crippen molar-refractivity contribution in [1.82, 2.24) is 4.90 Å². The van der Waals surface area contributed by atoms with E-state index in [9.17, 15) is 4.79 Å². The summed E-state index contributed by atoms with van der Waals surface area (Å²) in [6, 6.07) is 4.25. The molecule has 2 rings (SSSR count). The van der Waals surface area contributed by atoms with E-state index in [1.165, 1.54) is 4.88 Å². The number of hydrogen-bond acceptors (Lipinski definition) is 3. The normalized spacial score (nSPS) is 21.4. The molecule has 0 N–H and O–H groups in total. The Hall–Kier alpha value is -0.740. The van der Waals surface area contributed by atoms with Crippen LogP contribution < -0.4 is 0 Å². The number of amides is 1. The van der Waals surface area contributed by atoms with E-state index in [2.05, 4.69) is 17.5 Å². The standard InChI is InChI=1S/C11H13NOS2/c1-9(13)12-5-4-11(15-8-6-12)10-3-2-7-14-10/h2-3,6-8,11H,4-5H2,1H3/t11-/m0/s1. The molecule has 0 radical (unpaired) electrons. The van der Waals surface area contributed by atoms with Gasteiger partial charge in [-0.3, -0.25) is 4.79 Å². The van der Waals surface area contributed by atoms with Crippen LogP contribution in [-0.2, 0) is 4.79 Å². The fraction of sp³-hybridized carbons (Fsp3) is 0.364. The van der Waals surface area contributed by atoms with Gasteiger partial charge in [0.1, 0.15) is 0 Å². The number of thioether (sulfide) groups is 1. The van der Waals surface area contributed by atoms with Crippen molar-refractivity contribution in [2.45, 2.75) is 18.6 Å². The predicted molar refractivity (Wildman–Crippen MR) is 65.8 cm³/mol. The first-order valence-corrected chi connectivity index (χ1v) is 6.72. The molecule has 0 aromatic carbocycles. The van der Waals surface area contributed by atoms with E-state index in [1.54, 1.807) is 34.9 Å². The predicted octanol–water partition coefficient (Wildman–Crippen LogP) is 3.25. The van der Waals surface area contributed by atoms with Crippen molar-refractivity contribution in [1.29, 1.82) is 0 Å². The van der Waals surface area contributed by atoms with E-state index in [4.69, 9.17) is 0 Å². The molecule has 0 unspecified atom stereocenters. The SMILES string of the molecule is CC(=O)N1C=CS[C@H](c2cccs2)CC1. The Balaban J connectivity index is 2.04. The van der Waals surface area contributed by atoms with Gasteiger partial charge >= 0.3 is 0 Å². The maximum Gasteiger partial charge on any atom is 0.223 e. The number of rotatable bonds is 1. The molecule has 1 aliphatic rings. The molecule has 0 bridgehead atoms. The lowest BCUT2D eigenvalue weighted by molar-refractivity contribution is -0.126. The van der Waals surface area contributed by atoms with Gasteiger partial charge in [0.05, 0.1) is 0 Å². The van der Waals surface area contributed by atoms with Crippen LogP contribution in [0, 0.1) is 0 Å². The van der Waals surface area contributed by atoms with Crippen LogP contribution >= 0.6 is 23.1 Å². The van der Waals surface area contributed by atoms with Gasteiger partial charge in [-0.25, -0.2) is 0 Å². The Kier molecular flexibility index (Phi) is 3.49. The summed E-state index contributed by atoms with van der Waals surface area (Å²) in [6.07, 6.45) is 2.92. The van der Waals surface area contributed by atoms with E-state index in [0.29, 0.717) is 5.25 Å². The average molecular weight is 239 g/mol. The molecule has 1 amide bonds. The zero-order valence-electron chi connectivity index (χ0n) is 8.55. The Morgan fingerprint density at radius 3 is 3.13 bits per heavy atom. The van der Waals surface area contributed by atoms with Crippen molar-refractivity contribution in [3.63, 3.8) is 0 Å². The van der Waals surface area contributed by atoms with E-state index in [-0.39, 0.29) is 5.91 Å². The molecule has 80 valence electrons. The van der Waals surface area contributed by atoms with E-state index in [0.717, 1.165) is 13.0 Å². The molecule has 0 aliphatic carbocycles. The van der Waals surface area contributed by atoms with Gasteiger partial charge in [0, 0.05) is 29.8 Å². The lowest BCUT2D eigenvalue weighted by Gasteiger charge is -2.15. The molecule has 0 saturated heterocycles. The van der Waals surface area contributed by atoms with Crippen molar-refractivity contribution < 1.29 is 4.79 Å². The highest BCUT2D eigenvalue weighted by Crippen LogP contribution is 2.37. The zero-order valence-corrected chi connectivity index (χ0v) is 10.2. The summed E-state index contributed by atoms with van der Waals surface area (Å²) in [6.45, 7) is 2.43. The Labute approximate surface area is 98.0 Å². The molecular weight excluding hydrogens is 226 g/mol. The Morgan fingerprint density at radius 1 is 1.60 bits per heavy atom. The lowest BCUT2D eigenvalue weighted by Crippen LogP contribution is -2.23. The van der Waals surface area contributed by atoms with Gasteiger partial charge in [-0.2, -0.15) is 0 Å². The van der Waals surface area contributed by atoms with Crippen LogP contribution in [0.3, 0.4) is 0 Å². The summed E-state index contributed by atoms with van der Waals surface area (Å²) in [5, 5.41) is 4.64. The molecule has 0 fully saturated rings. The minimum Gasteiger partial charge on any atom is -0.319 e. The van der Waals surface area contributed by atoms with Crippen molar-refractivity contribution >= 4 is 29.0 Å². The van der Waals surface area contributed by atoms with Crippen molar-refractivity contribution in [3.05, 3.63) is 34.0 Å². The molecule has 15 heavy (non-hydrogen) atoms. The van der Waals surface area contributed by atoms with Gasteiger partial charge in [-0.05, 0) is 23.3 Å². The van der Waals surface area contributed by atoms with Crippen LogP contribution in [0.15, 0.2) is 29.1 Å². The third-order valence-electron chi connectivity index (χ3n) is 2.38. The monoisotopic (exact) mass is 239 g/mol. The van der Waals surface area contributed by atoms with Crippen LogP contribution in [0.25, 0.3) is 0 Å². The summed E-state index contributed by atoms with van der Waals surface area (Å²) in [5.74, 6) is 0.124. The van der Waals surface area contributed by atoms with Gasteiger partial charge in [-0.15, -0.1) is 23.1 Å². The maximum absolute atomic E-state index is 11.2. The third kappa shape index (κ3) is 2.63. The molecule has 2 nitrogen and oxygen atoms in total. The lowest BCUT2D eigenvalue weighted by atomic mass is 10.2. The minimum atomic E-state index is 0.124. The van der Waals surface area contributed by atoms with E-state index >= 15 is 0 Å². The number of carbonyl (C=O) groups is 1. The molecule has 0 spiro atoms. The van der Waals surface area contributed by atoms with Crippen LogP contribution in [0.2, 0.25) is 0 Å². The Morgan fingerprint density at radius 2 is 2.47 bits per heavy atom. The van der Waals surface area contributed by atoms with Crippen molar-refractivity contribution in [3.8, 4) is 0 Å². The number of hydrogen-bond donors (Lipinski definition) is 0. The molecule has 2 heterocycles. The first-order valence-electron chi connectivity index (χ1n) is 4.90. The van der Waals surface area contributed by atoms with Crippen LogP contribution in [-0.4, -0.2) is 17.4 Å². The molecule has 1 aromatic heterocycles. The van der Waals surface area contributed by atoms with Crippen molar-refractivity contribution in [2.75, 3.05) is 6.54 Å². The van der Waals surface area contributed by atoms with Gasteiger partial charge < -0.3 is 4.90 Å². The van der Waals surface area contributed by atoms with Gasteiger partial charge in [0.25, 0.3) is 0 Å². The van der Waals surface area contributed by atoms with E-state index in [1.807, 2.05) is 11.6 Å². The highest BCUT2D eigenvalue weighted by molar-refractivity contribution is 8.02. The minimum absolute atomic E-state index is 0.124. The summed E-state index contributed by atoms with van der Waals surface area (Å²) in [7, 11) is 0. The highest BCUT2D eigenvalue weighted by Gasteiger charge is 2.17. The highest BCUT2D eigenvalue weighted by atomic mass is 32.2. The summed E-state index contributed by atoms with van der Waals surface area (Å²) in [5.41, 5.74) is 0. The second-order valence-corrected chi connectivity index (χ2v) is 5.52. The zero-order chi connectivity index (χ0) is 10.7.